The number of benzene rings is 1. The van der Waals surface area contributed by atoms with Gasteiger partial charge in [-0.3, -0.25) is 4.79 Å². The van der Waals surface area contributed by atoms with Gasteiger partial charge in [-0.2, -0.15) is 0 Å². The molecule has 4 nitrogen and oxygen atoms in total. The molecule has 0 aliphatic heterocycles. The molecule has 0 atom stereocenters. The monoisotopic (exact) mass is 251 g/mol. The fraction of sp³-hybridized carbons (Fsp3) is 0.500. The first kappa shape index (κ1) is 14.7. The van der Waals surface area contributed by atoms with Crippen LogP contribution in [0.25, 0.3) is 0 Å². The largest absolute Gasteiger partial charge is 0.394 e. The van der Waals surface area contributed by atoms with Gasteiger partial charge in [0.05, 0.1) is 13.2 Å². The first-order valence-corrected chi connectivity index (χ1v) is 6.14. The number of carbonyl (C=O) groups excluding carboxylic acids is 1. The van der Waals surface area contributed by atoms with Crippen LogP contribution in [0, 0.1) is 6.92 Å². The van der Waals surface area contributed by atoms with E-state index in [0.29, 0.717) is 5.92 Å². The molecule has 0 aromatic heterocycles. The minimum atomic E-state index is -0.195. The van der Waals surface area contributed by atoms with Gasteiger partial charge in [0.15, 0.2) is 0 Å². The maximum absolute atomic E-state index is 11.7. The van der Waals surface area contributed by atoms with Gasteiger partial charge in [-0.25, -0.2) is 0 Å². The zero-order valence-electron chi connectivity index (χ0n) is 11.2. The zero-order chi connectivity index (χ0) is 13.5. The summed E-state index contributed by atoms with van der Waals surface area (Å²) < 4.78 is 4.99. The highest BCUT2D eigenvalue weighted by Gasteiger charge is 2.11. The van der Waals surface area contributed by atoms with Crippen LogP contribution in [-0.4, -0.2) is 30.8 Å². The van der Waals surface area contributed by atoms with E-state index in [2.05, 4.69) is 19.2 Å². The second kappa shape index (κ2) is 7.13. The van der Waals surface area contributed by atoms with Crippen LogP contribution in [0.2, 0.25) is 0 Å². The van der Waals surface area contributed by atoms with Crippen molar-refractivity contribution in [2.45, 2.75) is 26.7 Å². The number of ether oxygens (including phenoxy) is 1. The Morgan fingerprint density at radius 3 is 2.78 bits per heavy atom. The number of hydrogen-bond acceptors (Lipinski definition) is 3. The Kier molecular flexibility index (Phi) is 5.82. The van der Waals surface area contributed by atoms with E-state index >= 15 is 0 Å². The van der Waals surface area contributed by atoms with E-state index in [1.165, 1.54) is 0 Å². The quantitative estimate of drug-likeness (QED) is 0.761. The first-order chi connectivity index (χ1) is 8.56. The smallest absolute Gasteiger partial charge is 0.250 e. The second-order valence-electron chi connectivity index (χ2n) is 4.52. The predicted molar refractivity (Wildman–Crippen MR) is 71.8 cm³/mol. The number of anilines is 1. The summed E-state index contributed by atoms with van der Waals surface area (Å²) in [7, 11) is 0. The number of carbonyl (C=O) groups is 1. The average molecular weight is 251 g/mol. The van der Waals surface area contributed by atoms with Crippen LogP contribution in [0.3, 0.4) is 0 Å². The molecule has 18 heavy (non-hydrogen) atoms. The number of hydrogen-bond donors (Lipinski definition) is 2. The molecule has 1 aromatic rings. The molecule has 1 rings (SSSR count). The summed E-state index contributed by atoms with van der Waals surface area (Å²) in [5.74, 6) is 0.151. The zero-order valence-corrected chi connectivity index (χ0v) is 11.2. The molecule has 1 amide bonds. The Labute approximate surface area is 108 Å². The number of para-hydroxylation sites is 1. The van der Waals surface area contributed by atoms with Gasteiger partial charge < -0.3 is 15.2 Å². The van der Waals surface area contributed by atoms with Crippen LogP contribution in [0.15, 0.2) is 18.2 Å². The van der Waals surface area contributed by atoms with Crippen molar-refractivity contribution < 1.29 is 14.6 Å². The van der Waals surface area contributed by atoms with Crippen molar-refractivity contribution >= 4 is 11.6 Å². The molecule has 1 aromatic carbocycles. The molecular weight excluding hydrogens is 230 g/mol. The minimum Gasteiger partial charge on any atom is -0.394 e. The summed E-state index contributed by atoms with van der Waals surface area (Å²) in [6.45, 7) is 6.22. The standard InChI is InChI=1S/C14H21NO3/c1-10(2)12-6-4-5-11(3)14(12)15-13(17)9-18-8-7-16/h4-6,10,16H,7-9H2,1-3H3,(H,15,17). The van der Waals surface area contributed by atoms with E-state index in [9.17, 15) is 4.79 Å². The van der Waals surface area contributed by atoms with Crippen molar-refractivity contribution in [2.75, 3.05) is 25.1 Å². The van der Waals surface area contributed by atoms with Crippen molar-refractivity contribution in [2.24, 2.45) is 0 Å². The van der Waals surface area contributed by atoms with E-state index in [0.717, 1.165) is 16.8 Å². The second-order valence-corrected chi connectivity index (χ2v) is 4.52. The van der Waals surface area contributed by atoms with E-state index < -0.39 is 0 Å². The van der Waals surface area contributed by atoms with E-state index in [1.54, 1.807) is 0 Å². The Balaban J connectivity index is 2.74. The molecule has 0 fully saturated rings. The highest BCUT2D eigenvalue weighted by atomic mass is 16.5. The lowest BCUT2D eigenvalue weighted by atomic mass is 9.98. The molecule has 0 bridgehead atoms. The maximum atomic E-state index is 11.7. The Morgan fingerprint density at radius 2 is 2.17 bits per heavy atom. The van der Waals surface area contributed by atoms with Crippen LogP contribution < -0.4 is 5.32 Å². The molecule has 0 radical (unpaired) electrons. The average Bonchev–Trinajstić information content (AvgIpc) is 2.31. The predicted octanol–water partition coefficient (Wildman–Crippen LogP) is 2.07. The number of nitrogens with one attached hydrogen (secondary N) is 1. The fourth-order valence-electron chi connectivity index (χ4n) is 1.75. The molecule has 0 aliphatic carbocycles. The molecule has 0 unspecified atom stereocenters. The van der Waals surface area contributed by atoms with Crippen molar-refractivity contribution in [1.82, 2.24) is 0 Å². The lowest BCUT2D eigenvalue weighted by molar-refractivity contribution is -0.120. The van der Waals surface area contributed by atoms with Crippen LogP contribution in [0.1, 0.15) is 30.9 Å². The number of aryl methyl sites for hydroxylation is 1. The fourth-order valence-corrected chi connectivity index (χ4v) is 1.75. The summed E-state index contributed by atoms with van der Waals surface area (Å²) >= 11 is 0. The lowest BCUT2D eigenvalue weighted by Crippen LogP contribution is -2.21. The van der Waals surface area contributed by atoms with Gasteiger partial charge in [0.25, 0.3) is 0 Å². The van der Waals surface area contributed by atoms with E-state index in [1.807, 2.05) is 25.1 Å². The van der Waals surface area contributed by atoms with Crippen molar-refractivity contribution in [3.8, 4) is 0 Å². The van der Waals surface area contributed by atoms with Gasteiger partial charge in [0.2, 0.25) is 5.91 Å². The molecule has 0 heterocycles. The van der Waals surface area contributed by atoms with Crippen LogP contribution in [0.5, 0.6) is 0 Å². The molecule has 0 saturated carbocycles. The number of aliphatic hydroxyl groups excluding tert-OH is 1. The number of aliphatic hydroxyl groups is 1. The SMILES string of the molecule is Cc1cccc(C(C)C)c1NC(=O)COCCO. The van der Waals surface area contributed by atoms with Gasteiger partial charge in [-0.1, -0.05) is 32.0 Å². The highest BCUT2D eigenvalue weighted by Crippen LogP contribution is 2.27. The third-order valence-electron chi connectivity index (χ3n) is 2.66. The maximum Gasteiger partial charge on any atom is 0.250 e. The van der Waals surface area contributed by atoms with Gasteiger partial charge in [-0.15, -0.1) is 0 Å². The van der Waals surface area contributed by atoms with Crippen molar-refractivity contribution in [3.05, 3.63) is 29.3 Å². The van der Waals surface area contributed by atoms with Gasteiger partial charge in [-0.05, 0) is 24.0 Å². The summed E-state index contributed by atoms with van der Waals surface area (Å²) in [6.07, 6.45) is 0. The number of amides is 1. The number of rotatable bonds is 6. The molecule has 2 N–H and O–H groups in total. The van der Waals surface area contributed by atoms with Crippen LogP contribution in [0.4, 0.5) is 5.69 Å². The van der Waals surface area contributed by atoms with Crippen molar-refractivity contribution in [1.29, 1.82) is 0 Å². The Morgan fingerprint density at radius 1 is 1.44 bits per heavy atom. The summed E-state index contributed by atoms with van der Waals surface area (Å²) in [5, 5.41) is 11.4. The van der Waals surface area contributed by atoms with Crippen molar-refractivity contribution in [3.63, 3.8) is 0 Å². The van der Waals surface area contributed by atoms with Gasteiger partial charge in [0, 0.05) is 5.69 Å². The van der Waals surface area contributed by atoms with Gasteiger partial charge in [0.1, 0.15) is 6.61 Å². The Hall–Kier alpha value is -1.39. The molecule has 100 valence electrons. The van der Waals surface area contributed by atoms with Crippen LogP contribution in [-0.2, 0) is 9.53 Å². The first-order valence-electron chi connectivity index (χ1n) is 6.14. The minimum absolute atomic E-state index is 0.0353. The summed E-state index contributed by atoms with van der Waals surface area (Å²) in [5.41, 5.74) is 3.02. The summed E-state index contributed by atoms with van der Waals surface area (Å²) in [4.78, 5) is 11.7. The van der Waals surface area contributed by atoms with Gasteiger partial charge >= 0.3 is 0 Å². The third kappa shape index (κ3) is 4.13. The molecule has 0 aliphatic rings. The summed E-state index contributed by atoms with van der Waals surface area (Å²) in [6, 6.07) is 5.97. The lowest BCUT2D eigenvalue weighted by Gasteiger charge is -2.16. The van der Waals surface area contributed by atoms with E-state index in [4.69, 9.17) is 9.84 Å². The van der Waals surface area contributed by atoms with E-state index in [-0.39, 0.29) is 25.7 Å². The molecule has 0 spiro atoms. The molecular formula is C14H21NO3. The highest BCUT2D eigenvalue weighted by molar-refractivity contribution is 5.93. The topological polar surface area (TPSA) is 58.6 Å². The third-order valence-corrected chi connectivity index (χ3v) is 2.66. The normalized spacial score (nSPS) is 10.7. The molecule has 0 saturated heterocycles. The molecule has 4 heteroatoms. The Bertz CT molecular complexity index is 402. The van der Waals surface area contributed by atoms with Crippen LogP contribution >= 0.6 is 0 Å².